The third-order valence-electron chi connectivity index (χ3n) is 5.21. The number of methoxy groups -OCH3 is 1. The van der Waals surface area contributed by atoms with Crippen molar-refractivity contribution in [3.05, 3.63) is 29.3 Å². The topological polar surface area (TPSA) is 58.6 Å². The Balaban J connectivity index is 1.65. The first kappa shape index (κ1) is 19.4. The van der Waals surface area contributed by atoms with Crippen LogP contribution in [-0.2, 0) is 16.4 Å². The fraction of sp³-hybridized carbons (Fsp3) is 0.647. The molecular formula is C17H23F3N2O3S. The largest absolute Gasteiger partial charge is 0.511 e. The van der Waals surface area contributed by atoms with Gasteiger partial charge in [0.15, 0.2) is 0 Å². The number of ether oxygens (including phenoxy) is 1. The first-order chi connectivity index (χ1) is 12.2. The molecule has 5 nitrogen and oxygen atoms in total. The minimum absolute atomic E-state index is 0.00293. The van der Waals surface area contributed by atoms with Gasteiger partial charge in [-0.05, 0) is 49.3 Å². The van der Waals surface area contributed by atoms with Gasteiger partial charge in [-0.2, -0.15) is 17.5 Å². The summed E-state index contributed by atoms with van der Waals surface area (Å²) >= 11 is 0. The monoisotopic (exact) mass is 392 g/mol. The molecule has 0 amide bonds. The van der Waals surface area contributed by atoms with Gasteiger partial charge in [0.1, 0.15) is 5.75 Å². The predicted molar refractivity (Wildman–Crippen MR) is 91.4 cm³/mol. The highest BCUT2D eigenvalue weighted by Gasteiger charge is 2.50. The summed E-state index contributed by atoms with van der Waals surface area (Å²) < 4.78 is 67.0. The van der Waals surface area contributed by atoms with Crippen LogP contribution in [0.5, 0.6) is 5.75 Å². The van der Waals surface area contributed by atoms with Crippen LogP contribution in [0.4, 0.5) is 13.2 Å². The maximum Gasteiger partial charge on any atom is 0.511 e. The first-order valence-electron chi connectivity index (χ1n) is 8.72. The van der Waals surface area contributed by atoms with E-state index < -0.39 is 15.5 Å². The predicted octanol–water partition coefficient (Wildman–Crippen LogP) is 2.98. The van der Waals surface area contributed by atoms with E-state index in [-0.39, 0.29) is 25.2 Å². The highest BCUT2D eigenvalue weighted by Crippen LogP contribution is 2.36. The number of piperidine rings is 1. The highest BCUT2D eigenvalue weighted by atomic mass is 32.2. The third-order valence-corrected chi connectivity index (χ3v) is 6.84. The van der Waals surface area contributed by atoms with E-state index in [2.05, 4.69) is 11.4 Å². The molecule has 1 unspecified atom stereocenters. The van der Waals surface area contributed by atoms with Crippen molar-refractivity contribution in [1.29, 1.82) is 0 Å². The Morgan fingerprint density at radius 3 is 2.50 bits per heavy atom. The van der Waals surface area contributed by atoms with Crippen molar-refractivity contribution in [3.8, 4) is 5.75 Å². The summed E-state index contributed by atoms with van der Waals surface area (Å²) in [6.45, 7) is -0.228. The standard InChI is InChI=1S/C17H23F3N2O3S/c1-25-16-7-3-4-13-14(16)5-2-6-15(13)21-12-8-10-22(11-9-12)26(23,24)17(18,19)20/h3-4,7,12,15,21H,2,5-6,8-11H2,1H3. The average molecular weight is 392 g/mol. The van der Waals surface area contributed by atoms with Crippen molar-refractivity contribution in [2.24, 2.45) is 0 Å². The first-order valence-corrected chi connectivity index (χ1v) is 10.2. The summed E-state index contributed by atoms with van der Waals surface area (Å²) in [6, 6.07) is 6.04. The molecular weight excluding hydrogens is 369 g/mol. The highest BCUT2D eigenvalue weighted by molar-refractivity contribution is 7.90. The molecule has 1 atom stereocenters. The zero-order valence-electron chi connectivity index (χ0n) is 14.6. The fourth-order valence-corrected chi connectivity index (χ4v) is 4.86. The van der Waals surface area contributed by atoms with Crippen molar-refractivity contribution >= 4 is 10.0 Å². The lowest BCUT2D eigenvalue weighted by Gasteiger charge is -2.36. The number of fused-ring (bicyclic) bond motifs is 1. The van der Waals surface area contributed by atoms with Crippen LogP contribution in [0, 0.1) is 0 Å². The van der Waals surface area contributed by atoms with Crippen LogP contribution in [0.1, 0.15) is 42.9 Å². The van der Waals surface area contributed by atoms with Crippen LogP contribution in [-0.4, -0.2) is 44.5 Å². The fourth-order valence-electron chi connectivity index (χ4n) is 3.87. The number of nitrogens with zero attached hydrogens (tertiary/aromatic N) is 1. The molecule has 2 aliphatic rings. The summed E-state index contributed by atoms with van der Waals surface area (Å²) in [5.41, 5.74) is -2.89. The van der Waals surface area contributed by atoms with Crippen LogP contribution in [0.15, 0.2) is 18.2 Å². The normalized spacial score (nSPS) is 22.8. The van der Waals surface area contributed by atoms with Crippen molar-refractivity contribution in [2.45, 2.75) is 49.7 Å². The molecule has 0 spiro atoms. The molecule has 0 radical (unpaired) electrons. The maximum absolute atomic E-state index is 12.7. The van der Waals surface area contributed by atoms with Gasteiger partial charge < -0.3 is 10.1 Å². The zero-order chi connectivity index (χ0) is 18.9. The number of hydrogen-bond acceptors (Lipinski definition) is 4. The lowest BCUT2D eigenvalue weighted by atomic mass is 9.86. The van der Waals surface area contributed by atoms with Gasteiger partial charge in [-0.15, -0.1) is 0 Å². The smallest absolute Gasteiger partial charge is 0.496 e. The molecule has 1 aromatic carbocycles. The van der Waals surface area contributed by atoms with Gasteiger partial charge in [-0.1, -0.05) is 12.1 Å². The van der Waals surface area contributed by atoms with Crippen molar-refractivity contribution in [1.82, 2.24) is 9.62 Å². The van der Waals surface area contributed by atoms with Gasteiger partial charge in [0, 0.05) is 25.2 Å². The second-order valence-corrected chi connectivity index (χ2v) is 8.69. The van der Waals surface area contributed by atoms with Crippen LogP contribution < -0.4 is 10.1 Å². The van der Waals surface area contributed by atoms with E-state index in [1.54, 1.807) is 7.11 Å². The molecule has 1 fully saturated rings. The van der Waals surface area contributed by atoms with Gasteiger partial charge in [0.25, 0.3) is 0 Å². The van der Waals surface area contributed by atoms with Crippen LogP contribution >= 0.6 is 0 Å². The molecule has 3 rings (SSSR count). The Morgan fingerprint density at radius 1 is 1.19 bits per heavy atom. The van der Waals surface area contributed by atoms with E-state index in [0.717, 1.165) is 25.0 Å². The summed E-state index contributed by atoms with van der Waals surface area (Å²) in [5, 5.41) is 3.52. The minimum atomic E-state index is -5.23. The molecule has 0 aromatic heterocycles. The molecule has 9 heteroatoms. The van der Waals surface area contributed by atoms with Gasteiger partial charge in [0.2, 0.25) is 0 Å². The summed E-state index contributed by atoms with van der Waals surface area (Å²) in [7, 11) is -3.58. The molecule has 1 N–H and O–H groups in total. The minimum Gasteiger partial charge on any atom is -0.496 e. The Labute approximate surface area is 151 Å². The SMILES string of the molecule is COc1cccc2c1CCCC2NC1CCN(S(=O)(=O)C(F)(F)F)CC1. The molecule has 146 valence electrons. The van der Waals surface area contributed by atoms with Crippen molar-refractivity contribution < 1.29 is 26.3 Å². The Morgan fingerprint density at radius 2 is 1.88 bits per heavy atom. The maximum atomic E-state index is 12.7. The number of benzene rings is 1. The Bertz CT molecular complexity index is 744. The van der Waals surface area contributed by atoms with Crippen LogP contribution in [0.25, 0.3) is 0 Å². The lowest BCUT2D eigenvalue weighted by Crippen LogP contribution is -2.49. The second kappa shape index (κ2) is 7.36. The van der Waals surface area contributed by atoms with Gasteiger partial charge in [0.05, 0.1) is 7.11 Å². The summed E-state index contributed by atoms with van der Waals surface area (Å²) in [4.78, 5) is 0. The number of nitrogens with one attached hydrogen (secondary N) is 1. The molecule has 0 saturated carbocycles. The molecule has 1 aliphatic heterocycles. The van der Waals surface area contributed by atoms with E-state index in [0.29, 0.717) is 17.1 Å². The molecule has 1 aromatic rings. The molecule has 26 heavy (non-hydrogen) atoms. The number of alkyl halides is 3. The zero-order valence-corrected chi connectivity index (χ0v) is 15.4. The van der Waals surface area contributed by atoms with E-state index in [9.17, 15) is 21.6 Å². The van der Waals surface area contributed by atoms with Gasteiger partial charge in [-0.3, -0.25) is 0 Å². The van der Waals surface area contributed by atoms with Gasteiger partial charge in [-0.25, -0.2) is 8.42 Å². The summed E-state index contributed by atoms with van der Waals surface area (Å²) in [6.07, 6.45) is 3.63. The molecule has 1 heterocycles. The second-order valence-electron chi connectivity index (χ2n) is 6.76. The lowest BCUT2D eigenvalue weighted by molar-refractivity contribution is -0.0495. The average Bonchev–Trinajstić information content (AvgIpc) is 2.61. The number of halogens is 3. The van der Waals surface area contributed by atoms with E-state index >= 15 is 0 Å². The van der Waals surface area contributed by atoms with E-state index in [1.807, 2.05) is 12.1 Å². The molecule has 1 saturated heterocycles. The van der Waals surface area contributed by atoms with Crippen molar-refractivity contribution in [3.63, 3.8) is 0 Å². The number of rotatable bonds is 4. The van der Waals surface area contributed by atoms with Crippen molar-refractivity contribution in [2.75, 3.05) is 20.2 Å². The van der Waals surface area contributed by atoms with Crippen LogP contribution in [0.2, 0.25) is 0 Å². The number of sulfonamides is 1. The molecule has 0 bridgehead atoms. The van der Waals surface area contributed by atoms with Crippen LogP contribution in [0.3, 0.4) is 0 Å². The summed E-state index contributed by atoms with van der Waals surface area (Å²) in [5.74, 6) is 0.861. The third kappa shape index (κ3) is 3.70. The Kier molecular flexibility index (Phi) is 5.50. The molecule has 1 aliphatic carbocycles. The number of hydrogen-bond donors (Lipinski definition) is 1. The Hall–Kier alpha value is -1.32. The van der Waals surface area contributed by atoms with E-state index in [1.165, 1.54) is 11.1 Å². The quantitative estimate of drug-likeness (QED) is 0.856. The van der Waals surface area contributed by atoms with Gasteiger partial charge >= 0.3 is 15.5 Å². The van der Waals surface area contributed by atoms with E-state index in [4.69, 9.17) is 4.74 Å².